The second kappa shape index (κ2) is 15.9. The van der Waals surface area contributed by atoms with Gasteiger partial charge in [-0.25, -0.2) is 0 Å². The van der Waals surface area contributed by atoms with Gasteiger partial charge in [-0.2, -0.15) is 0 Å². The first-order valence-electron chi connectivity index (χ1n) is 12.5. The summed E-state index contributed by atoms with van der Waals surface area (Å²) in [5.74, 6) is -0.984. The number of rotatable bonds is 16. The lowest BCUT2D eigenvalue weighted by atomic mass is 9.89. The summed E-state index contributed by atoms with van der Waals surface area (Å²) in [4.78, 5) is 16.6. The minimum Gasteiger partial charge on any atom is -0.394 e. The van der Waals surface area contributed by atoms with E-state index in [1.54, 1.807) is 6.08 Å². The predicted molar refractivity (Wildman–Crippen MR) is 134 cm³/mol. The molecule has 1 aromatic carbocycles. The fourth-order valence-corrected chi connectivity index (χ4v) is 4.22. The monoisotopic (exact) mass is 507 g/mol. The number of hydrogen-bond acceptors (Lipinski definition) is 9. The molecule has 0 heterocycles. The molecule has 0 saturated heterocycles. The van der Waals surface area contributed by atoms with E-state index in [9.17, 15) is 35.4 Å². The highest BCUT2D eigenvalue weighted by Gasteiger charge is 2.39. The lowest BCUT2D eigenvalue weighted by Crippen LogP contribution is -2.55. The van der Waals surface area contributed by atoms with Gasteiger partial charge in [-0.15, -0.1) is 5.48 Å². The van der Waals surface area contributed by atoms with E-state index in [1.807, 2.05) is 48.6 Å². The first-order valence-corrected chi connectivity index (χ1v) is 12.5. The molecule has 7 N–H and O–H groups in total. The summed E-state index contributed by atoms with van der Waals surface area (Å²) < 4.78 is 0. The number of hydrogen-bond donors (Lipinski definition) is 7. The van der Waals surface area contributed by atoms with Gasteiger partial charge in [0.2, 0.25) is 0 Å². The van der Waals surface area contributed by atoms with E-state index in [1.165, 1.54) is 0 Å². The topological polar surface area (TPSA) is 160 Å². The van der Waals surface area contributed by atoms with Gasteiger partial charge in [0, 0.05) is 18.8 Å². The number of aliphatic hydroxyl groups is 6. The zero-order valence-corrected chi connectivity index (χ0v) is 20.7. The average Bonchev–Trinajstić information content (AvgIpc) is 3.16. The van der Waals surface area contributed by atoms with E-state index in [4.69, 9.17) is 4.84 Å². The van der Waals surface area contributed by atoms with E-state index in [0.717, 1.165) is 12.0 Å². The second-order valence-corrected chi connectivity index (χ2v) is 9.52. The number of carbonyl (C=O) groups is 1. The maximum Gasteiger partial charge on any atom is 0.324 e. The molecule has 0 aliphatic heterocycles. The highest BCUT2D eigenvalue weighted by atomic mass is 16.7. The summed E-state index contributed by atoms with van der Waals surface area (Å²) >= 11 is 0. The fourth-order valence-electron chi connectivity index (χ4n) is 4.22. The van der Waals surface area contributed by atoms with Crippen LogP contribution in [-0.4, -0.2) is 80.3 Å². The predicted octanol–water partition coefficient (Wildman–Crippen LogP) is 0.774. The molecule has 5 unspecified atom stereocenters. The summed E-state index contributed by atoms with van der Waals surface area (Å²) in [6.07, 6.45) is 8.85. The Morgan fingerprint density at radius 3 is 2.44 bits per heavy atom. The van der Waals surface area contributed by atoms with Crippen molar-refractivity contribution in [2.45, 2.75) is 68.8 Å². The number of carbonyl (C=O) groups excluding carboxylic acids is 1. The van der Waals surface area contributed by atoms with Crippen LogP contribution in [-0.2, 0) is 16.1 Å². The summed E-state index contributed by atoms with van der Waals surface area (Å²) in [5.41, 5.74) is 1.90. The van der Waals surface area contributed by atoms with Gasteiger partial charge in [-0.1, -0.05) is 54.6 Å². The van der Waals surface area contributed by atoms with Crippen molar-refractivity contribution in [2.75, 3.05) is 19.8 Å². The van der Waals surface area contributed by atoms with Crippen molar-refractivity contribution >= 4 is 5.97 Å². The van der Waals surface area contributed by atoms with Crippen LogP contribution < -0.4 is 5.48 Å². The third kappa shape index (κ3) is 9.74. The normalized spacial score (nSPS) is 23.5. The Kier molecular flexibility index (Phi) is 13.3. The standard InChI is InChI=1S/C27H41NO8/c29-17-27(18-30,19-31)28-36-26(35)11-7-2-1-6-10-22-23(25(34)16-24(22)33)15-14-21(32)13-12-20-8-4-3-5-9-20/h1,3-6,8-9,14-15,21-25,28-34H,2,7,10-13,16-19H2. The van der Waals surface area contributed by atoms with E-state index >= 15 is 0 Å². The molecule has 9 nitrogen and oxygen atoms in total. The Morgan fingerprint density at radius 2 is 1.78 bits per heavy atom. The Balaban J connectivity index is 1.73. The quantitative estimate of drug-likeness (QED) is 0.0974. The number of hydroxylamine groups is 1. The van der Waals surface area contributed by atoms with Gasteiger partial charge >= 0.3 is 5.97 Å². The average molecular weight is 508 g/mol. The number of nitrogens with one attached hydrogen (secondary N) is 1. The smallest absolute Gasteiger partial charge is 0.324 e. The molecule has 1 aromatic rings. The van der Waals surface area contributed by atoms with Gasteiger partial charge in [0.25, 0.3) is 0 Å². The number of aryl methyl sites for hydroxylation is 1. The van der Waals surface area contributed by atoms with Crippen LogP contribution in [0, 0.1) is 11.8 Å². The Labute approximate surface area is 212 Å². The molecule has 1 fully saturated rings. The number of aliphatic hydroxyl groups excluding tert-OH is 6. The van der Waals surface area contributed by atoms with Crippen LogP contribution in [0.2, 0.25) is 0 Å². The number of benzene rings is 1. The summed E-state index contributed by atoms with van der Waals surface area (Å²) in [6, 6.07) is 9.93. The molecular formula is C27H41NO8. The van der Waals surface area contributed by atoms with Gasteiger partial charge in [0.1, 0.15) is 5.54 Å². The molecule has 0 spiro atoms. The summed E-state index contributed by atoms with van der Waals surface area (Å²) in [7, 11) is 0. The molecule has 36 heavy (non-hydrogen) atoms. The molecule has 9 heteroatoms. The van der Waals surface area contributed by atoms with Crippen LogP contribution in [0.3, 0.4) is 0 Å². The maximum atomic E-state index is 11.8. The molecule has 0 radical (unpaired) electrons. The van der Waals surface area contributed by atoms with Crippen molar-refractivity contribution < 1.29 is 40.3 Å². The highest BCUT2D eigenvalue weighted by Crippen LogP contribution is 2.36. The van der Waals surface area contributed by atoms with E-state index in [0.29, 0.717) is 32.1 Å². The third-order valence-corrected chi connectivity index (χ3v) is 6.66. The van der Waals surface area contributed by atoms with Crippen molar-refractivity contribution in [1.29, 1.82) is 0 Å². The molecule has 0 bridgehead atoms. The lowest BCUT2D eigenvalue weighted by Gasteiger charge is -2.27. The van der Waals surface area contributed by atoms with Crippen molar-refractivity contribution in [2.24, 2.45) is 11.8 Å². The Bertz CT molecular complexity index is 803. The van der Waals surface area contributed by atoms with E-state index in [2.05, 4.69) is 5.48 Å². The zero-order valence-electron chi connectivity index (χ0n) is 20.7. The molecule has 1 aliphatic rings. The van der Waals surface area contributed by atoms with Crippen LogP contribution in [0.4, 0.5) is 0 Å². The minimum atomic E-state index is -1.48. The van der Waals surface area contributed by atoms with Crippen LogP contribution in [0.15, 0.2) is 54.6 Å². The number of unbranched alkanes of at least 4 members (excludes halogenated alkanes) is 1. The molecule has 1 aliphatic carbocycles. The number of allylic oxidation sites excluding steroid dienone is 2. The third-order valence-electron chi connectivity index (χ3n) is 6.66. The first-order chi connectivity index (χ1) is 17.3. The van der Waals surface area contributed by atoms with E-state index < -0.39 is 49.6 Å². The molecular weight excluding hydrogens is 466 g/mol. The first kappa shape index (κ1) is 30.1. The highest BCUT2D eigenvalue weighted by molar-refractivity contribution is 5.69. The van der Waals surface area contributed by atoms with Gasteiger partial charge in [0.15, 0.2) is 0 Å². The maximum absolute atomic E-state index is 11.8. The Morgan fingerprint density at radius 1 is 1.08 bits per heavy atom. The van der Waals surface area contributed by atoms with E-state index in [-0.39, 0.29) is 18.3 Å². The van der Waals surface area contributed by atoms with Gasteiger partial charge in [-0.3, -0.25) is 4.79 Å². The molecule has 0 aromatic heterocycles. The van der Waals surface area contributed by atoms with Crippen molar-refractivity contribution in [3.63, 3.8) is 0 Å². The van der Waals surface area contributed by atoms with Crippen LogP contribution in [0.1, 0.15) is 44.1 Å². The molecule has 5 atom stereocenters. The van der Waals surface area contributed by atoms with Crippen molar-refractivity contribution in [3.8, 4) is 0 Å². The second-order valence-electron chi connectivity index (χ2n) is 9.52. The summed E-state index contributed by atoms with van der Waals surface area (Å²) in [6.45, 7) is -1.79. The van der Waals surface area contributed by atoms with Crippen molar-refractivity contribution in [3.05, 3.63) is 60.2 Å². The van der Waals surface area contributed by atoms with Gasteiger partial charge in [0.05, 0.1) is 38.1 Å². The minimum absolute atomic E-state index is 0.104. The molecule has 0 amide bonds. The SMILES string of the molecule is O=C(CCCC=CCC1C(O)CC(O)C1C=CC(O)CCc1ccccc1)ONC(CO)(CO)CO. The van der Waals surface area contributed by atoms with Crippen molar-refractivity contribution in [1.82, 2.24) is 5.48 Å². The van der Waals surface area contributed by atoms with Crippen LogP contribution in [0.5, 0.6) is 0 Å². The lowest BCUT2D eigenvalue weighted by molar-refractivity contribution is -0.161. The van der Waals surface area contributed by atoms with Gasteiger partial charge < -0.3 is 35.5 Å². The molecule has 202 valence electrons. The molecule has 1 saturated carbocycles. The van der Waals surface area contributed by atoms with Gasteiger partial charge in [-0.05, 0) is 43.6 Å². The van der Waals surface area contributed by atoms with Crippen LogP contribution in [0.25, 0.3) is 0 Å². The zero-order chi connectivity index (χ0) is 26.4. The molecule has 2 rings (SSSR count). The Hall–Kier alpha value is -2.11. The largest absolute Gasteiger partial charge is 0.394 e. The fraction of sp³-hybridized carbons (Fsp3) is 0.593. The summed E-state index contributed by atoms with van der Waals surface area (Å²) in [5, 5.41) is 58.7. The van der Waals surface area contributed by atoms with Crippen LogP contribution >= 0.6 is 0 Å².